The van der Waals surface area contributed by atoms with Crippen molar-refractivity contribution >= 4 is 17.5 Å². The largest absolute Gasteiger partial charge is 0.489 e. The molecule has 0 aromatic heterocycles. The predicted octanol–water partition coefficient (Wildman–Crippen LogP) is 3.44. The number of likely N-dealkylation sites (tertiary alicyclic amines) is 1. The Morgan fingerprint density at radius 1 is 1.30 bits per heavy atom. The van der Waals surface area contributed by atoms with Crippen molar-refractivity contribution in [1.82, 2.24) is 4.90 Å². The Kier molecular flexibility index (Phi) is 5.43. The molecule has 0 radical (unpaired) electrons. The first-order chi connectivity index (χ1) is 12.7. The number of anilines is 1. The molecule has 0 N–H and O–H groups in total. The van der Waals surface area contributed by atoms with Crippen molar-refractivity contribution in [3.05, 3.63) is 28.3 Å². The van der Waals surface area contributed by atoms with Crippen molar-refractivity contribution in [3.8, 4) is 5.75 Å². The summed E-state index contributed by atoms with van der Waals surface area (Å²) in [5, 5.41) is 11.0. The molecule has 3 rings (SSSR count). The number of nitro groups is 1. The molecule has 8 nitrogen and oxygen atoms in total. The number of fused-ring (bicyclic) bond motifs is 1. The van der Waals surface area contributed by atoms with Crippen molar-refractivity contribution in [3.63, 3.8) is 0 Å². The summed E-state index contributed by atoms with van der Waals surface area (Å²) in [6, 6.07) is 4.78. The molecule has 1 amide bonds. The predicted molar refractivity (Wildman–Crippen MR) is 101 cm³/mol. The minimum absolute atomic E-state index is 0.0428. The Morgan fingerprint density at radius 3 is 2.63 bits per heavy atom. The molecule has 2 aliphatic heterocycles. The minimum Gasteiger partial charge on any atom is -0.489 e. The first kappa shape index (κ1) is 19.3. The number of non-ortho nitro benzene ring substituents is 1. The van der Waals surface area contributed by atoms with Gasteiger partial charge in [-0.1, -0.05) is 0 Å². The van der Waals surface area contributed by atoms with E-state index in [2.05, 4.69) is 4.90 Å². The number of piperidine rings is 1. The van der Waals surface area contributed by atoms with Gasteiger partial charge in [-0.3, -0.25) is 10.1 Å². The van der Waals surface area contributed by atoms with Crippen LogP contribution in [0.3, 0.4) is 0 Å². The molecule has 1 aromatic carbocycles. The van der Waals surface area contributed by atoms with E-state index in [1.54, 1.807) is 11.0 Å². The highest BCUT2D eigenvalue weighted by molar-refractivity contribution is 5.68. The van der Waals surface area contributed by atoms with Crippen LogP contribution in [0.1, 0.15) is 33.6 Å². The summed E-state index contributed by atoms with van der Waals surface area (Å²) >= 11 is 0. The Morgan fingerprint density at radius 2 is 2.00 bits per heavy atom. The molecule has 0 unspecified atom stereocenters. The fourth-order valence-corrected chi connectivity index (χ4v) is 3.51. The van der Waals surface area contributed by atoms with E-state index >= 15 is 0 Å². The van der Waals surface area contributed by atoms with Gasteiger partial charge in [-0.05, 0) is 45.6 Å². The van der Waals surface area contributed by atoms with E-state index in [9.17, 15) is 14.9 Å². The second-order valence-electron chi connectivity index (χ2n) is 8.11. The Bertz CT molecular complexity index is 708. The quantitative estimate of drug-likeness (QED) is 0.592. The molecule has 2 aliphatic rings. The second-order valence-corrected chi connectivity index (χ2v) is 8.11. The van der Waals surface area contributed by atoms with Crippen LogP contribution in [0.15, 0.2) is 18.2 Å². The molecule has 27 heavy (non-hydrogen) atoms. The minimum atomic E-state index is -0.478. The maximum atomic E-state index is 12.2. The lowest BCUT2D eigenvalue weighted by Gasteiger charge is -2.38. The Labute approximate surface area is 159 Å². The van der Waals surface area contributed by atoms with Crippen LogP contribution < -0.4 is 9.64 Å². The monoisotopic (exact) mass is 377 g/mol. The summed E-state index contributed by atoms with van der Waals surface area (Å²) in [6.45, 7) is 9.14. The van der Waals surface area contributed by atoms with Crippen LogP contribution in [-0.2, 0) is 4.74 Å². The molecule has 0 spiro atoms. The van der Waals surface area contributed by atoms with E-state index in [4.69, 9.17) is 9.47 Å². The lowest BCUT2D eigenvalue weighted by Crippen LogP contribution is -2.44. The zero-order chi connectivity index (χ0) is 19.6. The van der Waals surface area contributed by atoms with Gasteiger partial charge in [0.1, 0.15) is 18.0 Å². The second kappa shape index (κ2) is 7.62. The molecule has 1 aromatic rings. The SMILES string of the molecule is CC(C)(C)OC(=O)N1CCC(CN2CCOc3cc([N+](=O)[O-])ccc32)CC1. The summed E-state index contributed by atoms with van der Waals surface area (Å²) in [6.07, 6.45) is 1.59. The number of amides is 1. The smallest absolute Gasteiger partial charge is 0.410 e. The van der Waals surface area contributed by atoms with Crippen molar-refractivity contribution in [1.29, 1.82) is 0 Å². The molecule has 0 atom stereocenters. The highest BCUT2D eigenvalue weighted by Gasteiger charge is 2.29. The molecule has 8 heteroatoms. The van der Waals surface area contributed by atoms with Gasteiger partial charge >= 0.3 is 6.09 Å². The molecule has 0 saturated carbocycles. The van der Waals surface area contributed by atoms with Gasteiger partial charge in [0, 0.05) is 25.7 Å². The summed E-state index contributed by atoms with van der Waals surface area (Å²) in [5.74, 6) is 1.03. The van der Waals surface area contributed by atoms with E-state index in [-0.39, 0.29) is 11.8 Å². The van der Waals surface area contributed by atoms with Crippen LogP contribution in [0.4, 0.5) is 16.2 Å². The Balaban J connectivity index is 1.57. The van der Waals surface area contributed by atoms with Crippen molar-refractivity contribution < 1.29 is 19.2 Å². The van der Waals surface area contributed by atoms with Gasteiger partial charge < -0.3 is 19.3 Å². The van der Waals surface area contributed by atoms with Gasteiger partial charge in [0.2, 0.25) is 0 Å². The fraction of sp³-hybridized carbons (Fsp3) is 0.632. The van der Waals surface area contributed by atoms with Crippen molar-refractivity contribution in [2.45, 2.75) is 39.2 Å². The molecule has 148 valence electrons. The van der Waals surface area contributed by atoms with Crippen LogP contribution in [0.2, 0.25) is 0 Å². The number of benzene rings is 1. The number of hydrogen-bond acceptors (Lipinski definition) is 6. The van der Waals surface area contributed by atoms with Crippen LogP contribution >= 0.6 is 0 Å². The van der Waals surface area contributed by atoms with Crippen LogP contribution in [0.5, 0.6) is 5.75 Å². The number of nitro benzene ring substituents is 1. The summed E-state index contributed by atoms with van der Waals surface area (Å²) in [5.41, 5.74) is 0.469. The number of hydrogen-bond donors (Lipinski definition) is 0. The molecular weight excluding hydrogens is 350 g/mol. The molecule has 1 saturated heterocycles. The summed E-state index contributed by atoms with van der Waals surface area (Å²) in [7, 11) is 0. The average molecular weight is 377 g/mol. The van der Waals surface area contributed by atoms with Crippen LogP contribution in [0, 0.1) is 16.0 Å². The lowest BCUT2D eigenvalue weighted by molar-refractivity contribution is -0.384. The highest BCUT2D eigenvalue weighted by Crippen LogP contribution is 2.36. The van der Waals surface area contributed by atoms with E-state index in [0.717, 1.165) is 31.6 Å². The van der Waals surface area contributed by atoms with Gasteiger partial charge in [-0.2, -0.15) is 0 Å². The van der Waals surface area contributed by atoms with E-state index < -0.39 is 10.5 Å². The van der Waals surface area contributed by atoms with E-state index in [0.29, 0.717) is 31.4 Å². The first-order valence-electron chi connectivity index (χ1n) is 9.37. The van der Waals surface area contributed by atoms with Gasteiger partial charge in [0.15, 0.2) is 0 Å². The molecule has 0 bridgehead atoms. The van der Waals surface area contributed by atoms with Gasteiger partial charge in [0.25, 0.3) is 5.69 Å². The normalized spacial score (nSPS) is 17.9. The molecule has 0 aliphatic carbocycles. The average Bonchev–Trinajstić information content (AvgIpc) is 2.60. The Hall–Kier alpha value is -2.51. The van der Waals surface area contributed by atoms with Gasteiger partial charge in [-0.15, -0.1) is 0 Å². The van der Waals surface area contributed by atoms with Crippen LogP contribution in [-0.4, -0.2) is 54.3 Å². The number of carbonyl (C=O) groups excluding carboxylic acids is 1. The maximum absolute atomic E-state index is 12.2. The topological polar surface area (TPSA) is 85.2 Å². The fourth-order valence-electron chi connectivity index (χ4n) is 3.51. The molecular formula is C19H27N3O5. The zero-order valence-corrected chi connectivity index (χ0v) is 16.1. The highest BCUT2D eigenvalue weighted by atomic mass is 16.6. The van der Waals surface area contributed by atoms with Crippen LogP contribution in [0.25, 0.3) is 0 Å². The maximum Gasteiger partial charge on any atom is 0.410 e. The third-order valence-electron chi connectivity index (χ3n) is 4.86. The van der Waals surface area contributed by atoms with Crippen molar-refractivity contribution in [2.75, 3.05) is 37.7 Å². The standard InChI is InChI=1S/C19H27N3O5/c1-19(2,3)27-18(23)20-8-6-14(7-9-20)13-21-10-11-26-17-12-15(22(24)25)4-5-16(17)21/h4-5,12,14H,6-11,13H2,1-3H3. The molecule has 1 fully saturated rings. The third kappa shape index (κ3) is 4.81. The first-order valence-corrected chi connectivity index (χ1v) is 9.37. The third-order valence-corrected chi connectivity index (χ3v) is 4.86. The number of ether oxygens (including phenoxy) is 2. The van der Waals surface area contributed by atoms with E-state index in [1.807, 2.05) is 20.8 Å². The summed E-state index contributed by atoms with van der Waals surface area (Å²) in [4.78, 5) is 26.7. The van der Waals surface area contributed by atoms with Gasteiger partial charge in [0.05, 0.1) is 23.2 Å². The summed E-state index contributed by atoms with van der Waals surface area (Å²) < 4.78 is 11.1. The number of nitrogens with zero attached hydrogens (tertiary/aromatic N) is 3. The number of rotatable bonds is 3. The zero-order valence-electron chi connectivity index (χ0n) is 16.1. The van der Waals surface area contributed by atoms with E-state index in [1.165, 1.54) is 12.1 Å². The lowest BCUT2D eigenvalue weighted by atomic mass is 9.96. The van der Waals surface area contributed by atoms with Gasteiger partial charge in [-0.25, -0.2) is 4.79 Å². The van der Waals surface area contributed by atoms with Crippen molar-refractivity contribution in [2.24, 2.45) is 5.92 Å². The number of carbonyl (C=O) groups is 1. The molecule has 2 heterocycles.